The first kappa shape index (κ1) is 10.3. The van der Waals surface area contributed by atoms with E-state index in [1.165, 1.54) is 24.4 Å². The standard InChI is InChI=1S/C9H6ClF3N2/c10-8-2-1-7-6(14-8)3-4-15(7)5-9(11,12)13/h1-4H,5H2. The van der Waals surface area contributed by atoms with Crippen LogP contribution in [0.4, 0.5) is 13.2 Å². The molecule has 2 rings (SSSR count). The Morgan fingerprint density at radius 3 is 2.67 bits per heavy atom. The van der Waals surface area contributed by atoms with E-state index in [4.69, 9.17) is 11.6 Å². The highest BCUT2D eigenvalue weighted by Gasteiger charge is 2.28. The molecule has 0 atom stereocenters. The second-order valence-electron chi connectivity index (χ2n) is 3.10. The largest absolute Gasteiger partial charge is 0.406 e. The highest BCUT2D eigenvalue weighted by Crippen LogP contribution is 2.22. The van der Waals surface area contributed by atoms with Crippen LogP contribution < -0.4 is 0 Å². The van der Waals surface area contributed by atoms with Crippen LogP contribution in [0.5, 0.6) is 0 Å². The molecule has 0 spiro atoms. The van der Waals surface area contributed by atoms with Crippen LogP contribution >= 0.6 is 11.6 Å². The maximum atomic E-state index is 12.2. The number of pyridine rings is 1. The van der Waals surface area contributed by atoms with Gasteiger partial charge in [0.2, 0.25) is 0 Å². The number of hydrogen-bond acceptors (Lipinski definition) is 1. The highest BCUT2D eigenvalue weighted by atomic mass is 35.5. The predicted molar refractivity (Wildman–Crippen MR) is 50.8 cm³/mol. The van der Waals surface area contributed by atoms with Gasteiger partial charge in [-0.05, 0) is 18.2 Å². The maximum absolute atomic E-state index is 12.2. The topological polar surface area (TPSA) is 17.8 Å². The molecule has 0 saturated carbocycles. The predicted octanol–water partition coefficient (Wildman–Crippen LogP) is 3.25. The van der Waals surface area contributed by atoms with Gasteiger partial charge >= 0.3 is 6.18 Å². The number of alkyl halides is 3. The fraction of sp³-hybridized carbons (Fsp3) is 0.222. The van der Waals surface area contributed by atoms with Gasteiger partial charge in [0.1, 0.15) is 11.7 Å². The third-order valence-corrected chi connectivity index (χ3v) is 2.15. The van der Waals surface area contributed by atoms with Crippen molar-refractivity contribution in [2.45, 2.75) is 12.7 Å². The molecule has 0 saturated heterocycles. The van der Waals surface area contributed by atoms with Crippen LogP contribution in [0.3, 0.4) is 0 Å². The fourth-order valence-corrected chi connectivity index (χ4v) is 1.53. The molecule has 0 aliphatic carbocycles. The van der Waals surface area contributed by atoms with Crippen molar-refractivity contribution in [1.82, 2.24) is 9.55 Å². The Morgan fingerprint density at radius 1 is 1.27 bits per heavy atom. The Hall–Kier alpha value is -1.23. The van der Waals surface area contributed by atoms with Gasteiger partial charge in [0.05, 0.1) is 11.0 Å². The molecule has 0 aliphatic heterocycles. The molecule has 0 N–H and O–H groups in total. The lowest BCUT2D eigenvalue weighted by Gasteiger charge is -2.08. The molecule has 0 aromatic carbocycles. The highest BCUT2D eigenvalue weighted by molar-refractivity contribution is 6.29. The van der Waals surface area contributed by atoms with E-state index in [0.29, 0.717) is 11.0 Å². The third-order valence-electron chi connectivity index (χ3n) is 1.94. The van der Waals surface area contributed by atoms with Gasteiger partial charge in [0.15, 0.2) is 0 Å². The number of hydrogen-bond donors (Lipinski definition) is 0. The molecule has 0 aliphatic rings. The lowest BCUT2D eigenvalue weighted by atomic mass is 10.4. The summed E-state index contributed by atoms with van der Waals surface area (Å²) >= 11 is 5.62. The van der Waals surface area contributed by atoms with E-state index in [0.717, 1.165) is 4.57 Å². The summed E-state index contributed by atoms with van der Waals surface area (Å²) in [6, 6.07) is 4.50. The average Bonchev–Trinajstić information content (AvgIpc) is 2.45. The van der Waals surface area contributed by atoms with Crippen LogP contribution in [0.25, 0.3) is 11.0 Å². The molecule has 0 radical (unpaired) electrons. The van der Waals surface area contributed by atoms with Gasteiger partial charge in [0.25, 0.3) is 0 Å². The van der Waals surface area contributed by atoms with Gasteiger partial charge in [-0.25, -0.2) is 4.98 Å². The lowest BCUT2D eigenvalue weighted by Crippen LogP contribution is -2.16. The normalized spacial score (nSPS) is 12.3. The number of aromatic nitrogens is 2. The van der Waals surface area contributed by atoms with Gasteiger partial charge in [-0.3, -0.25) is 0 Å². The Balaban J connectivity index is 2.45. The first-order chi connectivity index (χ1) is 6.96. The summed E-state index contributed by atoms with van der Waals surface area (Å²) in [5.41, 5.74) is 0.892. The van der Waals surface area contributed by atoms with Gasteiger partial charge in [-0.2, -0.15) is 13.2 Å². The maximum Gasteiger partial charge on any atom is 0.406 e. The lowest BCUT2D eigenvalue weighted by molar-refractivity contribution is -0.139. The smallest absolute Gasteiger partial charge is 0.337 e. The zero-order valence-electron chi connectivity index (χ0n) is 7.42. The van der Waals surface area contributed by atoms with Gasteiger partial charge < -0.3 is 4.57 Å². The zero-order valence-corrected chi connectivity index (χ0v) is 8.18. The van der Waals surface area contributed by atoms with Crippen LogP contribution in [0.2, 0.25) is 5.15 Å². The van der Waals surface area contributed by atoms with Crippen LogP contribution in [-0.4, -0.2) is 15.7 Å². The summed E-state index contributed by atoms with van der Waals surface area (Å²) in [4.78, 5) is 3.90. The molecule has 2 heterocycles. The SMILES string of the molecule is FC(F)(F)Cn1ccc2nc(Cl)ccc21. The molecule has 15 heavy (non-hydrogen) atoms. The fourth-order valence-electron chi connectivity index (χ4n) is 1.38. The van der Waals surface area contributed by atoms with Crippen LogP contribution in [0.1, 0.15) is 0 Å². The minimum atomic E-state index is -4.23. The first-order valence-electron chi connectivity index (χ1n) is 4.14. The molecular formula is C9H6ClF3N2. The summed E-state index contributed by atoms with van der Waals surface area (Å²) < 4.78 is 37.6. The molecule has 0 unspecified atom stereocenters. The molecule has 6 heteroatoms. The van der Waals surface area contributed by atoms with Crippen molar-refractivity contribution in [1.29, 1.82) is 0 Å². The summed E-state index contributed by atoms with van der Waals surface area (Å²) in [6.07, 6.45) is -2.88. The van der Waals surface area contributed by atoms with E-state index in [2.05, 4.69) is 4.98 Å². The second kappa shape index (κ2) is 3.41. The Morgan fingerprint density at radius 2 is 2.00 bits per heavy atom. The van der Waals surface area contributed by atoms with E-state index < -0.39 is 12.7 Å². The minimum absolute atomic E-state index is 0.271. The number of rotatable bonds is 1. The molecule has 0 bridgehead atoms. The van der Waals surface area contributed by atoms with Gasteiger partial charge in [-0.15, -0.1) is 0 Å². The Kier molecular flexibility index (Phi) is 2.34. The van der Waals surface area contributed by atoms with E-state index in [-0.39, 0.29) is 5.15 Å². The van der Waals surface area contributed by atoms with E-state index in [1.54, 1.807) is 0 Å². The van der Waals surface area contributed by atoms with Crippen LogP contribution in [-0.2, 0) is 6.54 Å². The number of fused-ring (bicyclic) bond motifs is 1. The summed E-state index contributed by atoms with van der Waals surface area (Å²) in [7, 11) is 0. The van der Waals surface area contributed by atoms with E-state index >= 15 is 0 Å². The average molecular weight is 235 g/mol. The number of halogens is 4. The number of nitrogens with zero attached hydrogens (tertiary/aromatic N) is 2. The molecule has 2 nitrogen and oxygen atoms in total. The quantitative estimate of drug-likeness (QED) is 0.693. The molecular weight excluding hydrogens is 229 g/mol. The molecule has 80 valence electrons. The molecule has 2 aromatic heterocycles. The summed E-state index contributed by atoms with van der Waals surface area (Å²) in [5.74, 6) is 0. The van der Waals surface area contributed by atoms with Crippen molar-refractivity contribution in [2.24, 2.45) is 0 Å². The molecule has 0 amide bonds. The van der Waals surface area contributed by atoms with Crippen LogP contribution in [0.15, 0.2) is 24.4 Å². The zero-order chi connectivity index (χ0) is 11.1. The minimum Gasteiger partial charge on any atom is -0.337 e. The monoisotopic (exact) mass is 234 g/mol. The van der Waals surface area contributed by atoms with E-state index in [1.807, 2.05) is 0 Å². The van der Waals surface area contributed by atoms with Crippen molar-refractivity contribution in [3.05, 3.63) is 29.5 Å². The van der Waals surface area contributed by atoms with Crippen LogP contribution in [0, 0.1) is 0 Å². The summed E-state index contributed by atoms with van der Waals surface area (Å²) in [6.45, 7) is -1.01. The van der Waals surface area contributed by atoms with Crippen molar-refractivity contribution in [3.63, 3.8) is 0 Å². The van der Waals surface area contributed by atoms with Gasteiger partial charge in [0, 0.05) is 6.20 Å². The van der Waals surface area contributed by atoms with Crippen molar-refractivity contribution in [3.8, 4) is 0 Å². The molecule has 0 fully saturated rings. The molecule has 2 aromatic rings. The first-order valence-corrected chi connectivity index (χ1v) is 4.52. The van der Waals surface area contributed by atoms with Crippen molar-refractivity contribution in [2.75, 3.05) is 0 Å². The summed E-state index contributed by atoms with van der Waals surface area (Å²) in [5, 5.41) is 0.271. The van der Waals surface area contributed by atoms with Crippen molar-refractivity contribution < 1.29 is 13.2 Å². The Bertz CT molecular complexity index is 490. The van der Waals surface area contributed by atoms with Crippen molar-refractivity contribution >= 4 is 22.6 Å². The third kappa shape index (κ3) is 2.23. The Labute approximate surface area is 88.3 Å². The van der Waals surface area contributed by atoms with E-state index in [9.17, 15) is 13.2 Å². The van der Waals surface area contributed by atoms with Gasteiger partial charge in [-0.1, -0.05) is 11.6 Å². The second-order valence-corrected chi connectivity index (χ2v) is 3.48.